The van der Waals surface area contributed by atoms with Crippen molar-refractivity contribution in [3.05, 3.63) is 24.3 Å². The van der Waals surface area contributed by atoms with Crippen LogP contribution < -0.4 is 0 Å². The summed E-state index contributed by atoms with van der Waals surface area (Å²) in [5.74, 6) is 0.647. The second-order valence-electron chi connectivity index (χ2n) is 5.11. The van der Waals surface area contributed by atoms with Gasteiger partial charge >= 0.3 is 0 Å². The van der Waals surface area contributed by atoms with Crippen LogP contribution >= 0.6 is 0 Å². The molecular formula is C13H14N6. The van der Waals surface area contributed by atoms with Gasteiger partial charge in [-0.1, -0.05) is 0 Å². The maximum absolute atomic E-state index is 4.64. The quantitative estimate of drug-likeness (QED) is 0.697. The third-order valence-electron chi connectivity index (χ3n) is 3.58. The van der Waals surface area contributed by atoms with Gasteiger partial charge in [-0.15, -0.1) is 0 Å². The van der Waals surface area contributed by atoms with Crippen LogP contribution in [0.3, 0.4) is 0 Å². The molecule has 0 radical (unpaired) electrons. The Hall–Kier alpha value is -2.24. The van der Waals surface area contributed by atoms with Crippen LogP contribution in [0.5, 0.6) is 0 Å². The zero-order chi connectivity index (χ0) is 13.0. The summed E-state index contributed by atoms with van der Waals surface area (Å²) in [7, 11) is 3.88. The molecule has 0 bridgehead atoms. The van der Waals surface area contributed by atoms with E-state index in [2.05, 4.69) is 26.1 Å². The average Bonchev–Trinajstić information content (AvgIpc) is 3.10. The summed E-state index contributed by atoms with van der Waals surface area (Å²) >= 11 is 0. The number of aromatic nitrogens is 6. The highest BCUT2D eigenvalue weighted by molar-refractivity contribution is 5.69. The van der Waals surface area contributed by atoms with Crippen molar-refractivity contribution >= 4 is 11.3 Å². The predicted octanol–water partition coefficient (Wildman–Crippen LogP) is 1.64. The van der Waals surface area contributed by atoms with E-state index in [0.29, 0.717) is 11.6 Å². The van der Waals surface area contributed by atoms with Gasteiger partial charge in [-0.2, -0.15) is 5.10 Å². The van der Waals surface area contributed by atoms with Crippen molar-refractivity contribution in [1.82, 2.24) is 29.3 Å². The normalized spacial score (nSPS) is 15.3. The molecule has 0 saturated heterocycles. The fourth-order valence-electron chi connectivity index (χ4n) is 2.33. The van der Waals surface area contributed by atoms with Crippen molar-refractivity contribution in [2.45, 2.75) is 18.8 Å². The molecule has 4 rings (SSSR count). The lowest BCUT2D eigenvalue weighted by Crippen LogP contribution is -1.98. The summed E-state index contributed by atoms with van der Waals surface area (Å²) in [6.07, 6.45) is 6.00. The standard InChI is InChI=1S/C13H14N6/c1-18-7-15-12-13(18)16-10(6-14-12)11-5-9(8-3-4-8)17-19(11)2/h5-8H,3-4H2,1-2H3. The van der Waals surface area contributed by atoms with Crippen LogP contribution in [0.4, 0.5) is 0 Å². The van der Waals surface area contributed by atoms with Crippen LogP contribution in [0.25, 0.3) is 22.7 Å². The lowest BCUT2D eigenvalue weighted by molar-refractivity contribution is 0.748. The van der Waals surface area contributed by atoms with Gasteiger partial charge in [-0.05, 0) is 18.9 Å². The molecule has 0 aliphatic heterocycles. The highest BCUT2D eigenvalue weighted by Crippen LogP contribution is 2.40. The van der Waals surface area contributed by atoms with Gasteiger partial charge in [0, 0.05) is 20.0 Å². The van der Waals surface area contributed by atoms with Gasteiger partial charge in [-0.3, -0.25) is 4.68 Å². The fraction of sp³-hybridized carbons (Fsp3) is 0.385. The van der Waals surface area contributed by atoms with E-state index in [1.807, 2.05) is 23.3 Å². The summed E-state index contributed by atoms with van der Waals surface area (Å²) in [6, 6.07) is 2.13. The molecule has 3 aromatic rings. The monoisotopic (exact) mass is 254 g/mol. The molecule has 0 spiro atoms. The lowest BCUT2D eigenvalue weighted by atomic mass is 10.2. The van der Waals surface area contributed by atoms with Crippen LogP contribution in [0.15, 0.2) is 18.6 Å². The highest BCUT2D eigenvalue weighted by atomic mass is 15.3. The minimum Gasteiger partial charge on any atom is -0.317 e. The zero-order valence-electron chi connectivity index (χ0n) is 10.9. The molecule has 0 N–H and O–H groups in total. The fourth-order valence-corrected chi connectivity index (χ4v) is 2.33. The summed E-state index contributed by atoms with van der Waals surface area (Å²) in [5, 5.41) is 4.57. The van der Waals surface area contributed by atoms with E-state index >= 15 is 0 Å². The minimum atomic E-state index is 0.647. The van der Waals surface area contributed by atoms with Crippen LogP contribution in [-0.4, -0.2) is 29.3 Å². The van der Waals surface area contributed by atoms with Crippen LogP contribution in [0.1, 0.15) is 24.5 Å². The number of aryl methyl sites for hydroxylation is 2. The first-order valence-corrected chi connectivity index (χ1v) is 6.41. The summed E-state index contributed by atoms with van der Waals surface area (Å²) in [5.41, 5.74) is 4.50. The molecule has 1 saturated carbocycles. The van der Waals surface area contributed by atoms with Crippen molar-refractivity contribution in [3.63, 3.8) is 0 Å². The Bertz CT molecular complexity index is 765. The Labute approximate surface area is 110 Å². The van der Waals surface area contributed by atoms with E-state index in [1.54, 1.807) is 12.5 Å². The molecule has 1 aliphatic carbocycles. The first kappa shape index (κ1) is 10.7. The van der Waals surface area contributed by atoms with Crippen molar-refractivity contribution < 1.29 is 0 Å². The Morgan fingerprint density at radius 2 is 2.05 bits per heavy atom. The number of rotatable bonds is 2. The number of hydrogen-bond acceptors (Lipinski definition) is 4. The van der Waals surface area contributed by atoms with Crippen molar-refractivity contribution in [1.29, 1.82) is 0 Å². The third-order valence-corrected chi connectivity index (χ3v) is 3.58. The maximum Gasteiger partial charge on any atom is 0.197 e. The largest absolute Gasteiger partial charge is 0.317 e. The molecule has 3 aromatic heterocycles. The van der Waals surface area contributed by atoms with E-state index < -0.39 is 0 Å². The molecule has 0 atom stereocenters. The number of fused-ring (bicyclic) bond motifs is 1. The second kappa shape index (κ2) is 3.63. The van der Waals surface area contributed by atoms with Crippen molar-refractivity contribution in [3.8, 4) is 11.4 Å². The van der Waals surface area contributed by atoms with Gasteiger partial charge in [0.05, 0.1) is 23.9 Å². The first-order chi connectivity index (χ1) is 9.22. The molecule has 0 aromatic carbocycles. The van der Waals surface area contributed by atoms with Crippen molar-refractivity contribution in [2.24, 2.45) is 14.1 Å². The molecule has 0 amide bonds. The Kier molecular flexibility index (Phi) is 2.04. The first-order valence-electron chi connectivity index (χ1n) is 6.41. The van der Waals surface area contributed by atoms with Crippen LogP contribution in [0, 0.1) is 0 Å². The van der Waals surface area contributed by atoms with E-state index in [-0.39, 0.29) is 0 Å². The molecule has 19 heavy (non-hydrogen) atoms. The predicted molar refractivity (Wildman–Crippen MR) is 70.5 cm³/mol. The Balaban J connectivity index is 1.86. The smallest absolute Gasteiger partial charge is 0.197 e. The second-order valence-corrected chi connectivity index (χ2v) is 5.11. The summed E-state index contributed by atoms with van der Waals surface area (Å²) in [4.78, 5) is 13.2. The number of imidazole rings is 1. The molecular weight excluding hydrogens is 240 g/mol. The van der Waals surface area contributed by atoms with Gasteiger partial charge in [0.1, 0.15) is 5.69 Å². The summed E-state index contributed by atoms with van der Waals surface area (Å²) < 4.78 is 3.77. The number of nitrogens with zero attached hydrogens (tertiary/aromatic N) is 6. The zero-order valence-corrected chi connectivity index (χ0v) is 10.9. The van der Waals surface area contributed by atoms with Gasteiger partial charge < -0.3 is 4.57 Å². The molecule has 3 heterocycles. The van der Waals surface area contributed by atoms with Gasteiger partial charge in [0.2, 0.25) is 0 Å². The Morgan fingerprint density at radius 3 is 2.84 bits per heavy atom. The van der Waals surface area contributed by atoms with Crippen LogP contribution in [-0.2, 0) is 14.1 Å². The highest BCUT2D eigenvalue weighted by Gasteiger charge is 2.27. The Morgan fingerprint density at radius 1 is 1.21 bits per heavy atom. The van der Waals surface area contributed by atoms with E-state index in [1.165, 1.54) is 18.5 Å². The molecule has 96 valence electrons. The van der Waals surface area contributed by atoms with Gasteiger partial charge in [0.15, 0.2) is 11.3 Å². The minimum absolute atomic E-state index is 0.647. The lowest BCUT2D eigenvalue weighted by Gasteiger charge is -2.01. The third kappa shape index (κ3) is 1.63. The van der Waals surface area contributed by atoms with E-state index in [9.17, 15) is 0 Å². The molecule has 6 nitrogen and oxygen atoms in total. The number of hydrogen-bond donors (Lipinski definition) is 0. The van der Waals surface area contributed by atoms with Gasteiger partial charge in [-0.25, -0.2) is 15.0 Å². The average molecular weight is 254 g/mol. The molecule has 6 heteroatoms. The SMILES string of the molecule is Cn1nc(C2CC2)cc1-c1cnc2ncn(C)c2n1. The van der Waals surface area contributed by atoms with Crippen molar-refractivity contribution in [2.75, 3.05) is 0 Å². The topological polar surface area (TPSA) is 61.4 Å². The summed E-state index contributed by atoms with van der Waals surface area (Å²) in [6.45, 7) is 0. The van der Waals surface area contributed by atoms with Crippen LogP contribution in [0.2, 0.25) is 0 Å². The maximum atomic E-state index is 4.64. The molecule has 0 unspecified atom stereocenters. The van der Waals surface area contributed by atoms with Gasteiger partial charge in [0.25, 0.3) is 0 Å². The molecule has 1 fully saturated rings. The van der Waals surface area contributed by atoms with E-state index in [0.717, 1.165) is 17.0 Å². The molecule has 1 aliphatic rings. The van der Waals surface area contributed by atoms with E-state index in [4.69, 9.17) is 0 Å².